The van der Waals surface area contributed by atoms with Gasteiger partial charge in [-0.15, -0.1) is 0 Å². The summed E-state index contributed by atoms with van der Waals surface area (Å²) in [6.45, 7) is 5.05. The number of halogens is 3. The Kier molecular flexibility index (Phi) is 9.59. The molecule has 0 N–H and O–H groups in total. The van der Waals surface area contributed by atoms with Gasteiger partial charge in [-0.1, -0.05) is 80.4 Å². The summed E-state index contributed by atoms with van der Waals surface area (Å²) in [6.07, 6.45) is 8.96. The van der Waals surface area contributed by atoms with Gasteiger partial charge in [0, 0.05) is 23.5 Å². The Bertz CT molecular complexity index is 1200. The molecule has 196 valence electrons. The van der Waals surface area contributed by atoms with E-state index in [1.54, 1.807) is 42.5 Å². The van der Waals surface area contributed by atoms with E-state index in [4.69, 9.17) is 9.47 Å². The predicted octanol–water partition coefficient (Wildman–Crippen LogP) is 8.98. The molecular formula is C32H35F3O2. The van der Waals surface area contributed by atoms with Gasteiger partial charge in [0.2, 0.25) is 0 Å². The SMILES string of the molecule is CC=CCCC1OCC(c2ccc(-c3ccc(-c4ccc(CCCCC)c(F)c4F)cc3)c(F)c2)CO1. The second-order valence-electron chi connectivity index (χ2n) is 9.61. The van der Waals surface area contributed by atoms with Crippen molar-refractivity contribution in [2.24, 2.45) is 0 Å². The fraction of sp³-hybridized carbons (Fsp3) is 0.375. The average molecular weight is 509 g/mol. The summed E-state index contributed by atoms with van der Waals surface area (Å²) in [5.41, 5.74) is 3.13. The van der Waals surface area contributed by atoms with E-state index in [1.165, 1.54) is 6.07 Å². The third-order valence-corrected chi connectivity index (χ3v) is 6.95. The maximum atomic E-state index is 15.1. The van der Waals surface area contributed by atoms with Crippen LogP contribution in [0.3, 0.4) is 0 Å². The zero-order valence-electron chi connectivity index (χ0n) is 21.6. The fourth-order valence-corrected chi connectivity index (χ4v) is 4.72. The van der Waals surface area contributed by atoms with Gasteiger partial charge in [0.15, 0.2) is 17.9 Å². The lowest BCUT2D eigenvalue weighted by Crippen LogP contribution is -2.30. The van der Waals surface area contributed by atoms with E-state index in [-0.39, 0.29) is 23.6 Å². The Labute approximate surface area is 218 Å². The van der Waals surface area contributed by atoms with Gasteiger partial charge < -0.3 is 9.47 Å². The Morgan fingerprint density at radius 3 is 2.16 bits per heavy atom. The number of aryl methyl sites for hydroxylation is 1. The standard InChI is InChI=1S/C32H35F3O2/c1-3-5-7-9-24-15-18-28(32(35)31(24)34)23-13-11-22(12-14-23)27-17-16-25(19-29(27)33)26-20-36-30(37-21-26)10-8-6-4-2/h4,6,11-19,26,30H,3,5,7-10,20-21H2,1-2H3. The second-order valence-corrected chi connectivity index (χ2v) is 9.61. The Hall–Kier alpha value is -2.89. The van der Waals surface area contributed by atoms with Crippen molar-refractivity contribution in [3.05, 3.63) is 95.3 Å². The van der Waals surface area contributed by atoms with Gasteiger partial charge in [-0.3, -0.25) is 0 Å². The number of hydrogen-bond acceptors (Lipinski definition) is 2. The molecule has 1 aliphatic rings. The van der Waals surface area contributed by atoms with Crippen molar-refractivity contribution in [3.8, 4) is 22.3 Å². The monoisotopic (exact) mass is 508 g/mol. The average Bonchev–Trinajstić information content (AvgIpc) is 2.92. The molecule has 0 radical (unpaired) electrons. The highest BCUT2D eigenvalue weighted by Crippen LogP contribution is 2.32. The summed E-state index contributed by atoms with van der Waals surface area (Å²) < 4.78 is 56.1. The van der Waals surface area contributed by atoms with Crippen LogP contribution in [-0.2, 0) is 15.9 Å². The third-order valence-electron chi connectivity index (χ3n) is 6.95. The van der Waals surface area contributed by atoms with Gasteiger partial charge in [0.25, 0.3) is 0 Å². The van der Waals surface area contributed by atoms with Gasteiger partial charge in [0.1, 0.15) is 5.82 Å². The molecule has 3 aromatic carbocycles. The van der Waals surface area contributed by atoms with E-state index in [1.807, 2.05) is 19.1 Å². The first-order valence-corrected chi connectivity index (χ1v) is 13.2. The van der Waals surface area contributed by atoms with Crippen LogP contribution in [-0.4, -0.2) is 19.5 Å². The van der Waals surface area contributed by atoms with Crippen molar-refractivity contribution >= 4 is 0 Å². The largest absolute Gasteiger partial charge is 0.352 e. The predicted molar refractivity (Wildman–Crippen MR) is 143 cm³/mol. The molecule has 3 aromatic rings. The summed E-state index contributed by atoms with van der Waals surface area (Å²) >= 11 is 0. The maximum absolute atomic E-state index is 15.1. The number of unbranched alkanes of at least 4 members (excludes halogenated alkanes) is 2. The van der Waals surface area contributed by atoms with Crippen molar-refractivity contribution < 1.29 is 22.6 Å². The zero-order chi connectivity index (χ0) is 26.2. The minimum Gasteiger partial charge on any atom is -0.352 e. The van der Waals surface area contributed by atoms with Crippen LogP contribution in [0.15, 0.2) is 66.7 Å². The lowest BCUT2D eigenvalue weighted by Gasteiger charge is -2.29. The molecule has 5 heteroatoms. The maximum Gasteiger partial charge on any atom is 0.166 e. The highest BCUT2D eigenvalue weighted by Gasteiger charge is 2.24. The van der Waals surface area contributed by atoms with Crippen LogP contribution < -0.4 is 0 Å². The van der Waals surface area contributed by atoms with Crippen LogP contribution in [0.4, 0.5) is 13.2 Å². The molecule has 0 spiro atoms. The normalized spacial score (nSPS) is 18.0. The van der Waals surface area contributed by atoms with Crippen LogP contribution in [0.2, 0.25) is 0 Å². The number of allylic oxidation sites excluding steroid dienone is 2. The highest BCUT2D eigenvalue weighted by atomic mass is 19.2. The minimum absolute atomic E-state index is 0.0216. The Morgan fingerprint density at radius 1 is 0.838 bits per heavy atom. The number of rotatable bonds is 10. The van der Waals surface area contributed by atoms with E-state index in [9.17, 15) is 8.78 Å². The first-order chi connectivity index (χ1) is 18.0. The number of hydrogen-bond donors (Lipinski definition) is 0. The van der Waals surface area contributed by atoms with Crippen LogP contribution in [0.5, 0.6) is 0 Å². The van der Waals surface area contributed by atoms with E-state index in [2.05, 4.69) is 13.0 Å². The molecule has 0 aromatic heterocycles. The smallest absolute Gasteiger partial charge is 0.166 e. The molecule has 0 unspecified atom stereocenters. The molecule has 1 saturated heterocycles. The highest BCUT2D eigenvalue weighted by molar-refractivity contribution is 5.71. The van der Waals surface area contributed by atoms with Crippen molar-refractivity contribution in [2.75, 3.05) is 13.2 Å². The van der Waals surface area contributed by atoms with Crippen LogP contribution in [0.1, 0.15) is 63.0 Å². The Morgan fingerprint density at radius 2 is 1.51 bits per heavy atom. The summed E-state index contributed by atoms with van der Waals surface area (Å²) in [6, 6.07) is 15.4. The molecule has 2 nitrogen and oxygen atoms in total. The fourth-order valence-electron chi connectivity index (χ4n) is 4.72. The van der Waals surface area contributed by atoms with E-state index in [0.717, 1.165) is 37.7 Å². The number of ether oxygens (including phenoxy) is 2. The summed E-state index contributed by atoms with van der Waals surface area (Å²) in [5.74, 6) is -1.97. The Balaban J connectivity index is 1.43. The first kappa shape index (κ1) is 27.2. The van der Waals surface area contributed by atoms with Gasteiger partial charge in [0.05, 0.1) is 13.2 Å². The molecule has 0 bridgehead atoms. The van der Waals surface area contributed by atoms with E-state index in [0.29, 0.717) is 41.9 Å². The van der Waals surface area contributed by atoms with Gasteiger partial charge >= 0.3 is 0 Å². The third kappa shape index (κ3) is 6.71. The van der Waals surface area contributed by atoms with Gasteiger partial charge in [-0.05, 0) is 54.5 Å². The quantitative estimate of drug-likeness (QED) is 0.201. The molecule has 1 aliphatic heterocycles. The molecular weight excluding hydrogens is 473 g/mol. The lowest BCUT2D eigenvalue weighted by atomic mass is 9.94. The van der Waals surface area contributed by atoms with Crippen LogP contribution >= 0.6 is 0 Å². The van der Waals surface area contributed by atoms with Crippen molar-refractivity contribution in [1.29, 1.82) is 0 Å². The van der Waals surface area contributed by atoms with Gasteiger partial charge in [-0.2, -0.15) is 0 Å². The van der Waals surface area contributed by atoms with E-state index >= 15 is 4.39 Å². The molecule has 0 aliphatic carbocycles. The minimum atomic E-state index is -0.835. The van der Waals surface area contributed by atoms with E-state index < -0.39 is 11.6 Å². The topological polar surface area (TPSA) is 18.5 Å². The molecule has 0 amide bonds. The van der Waals surface area contributed by atoms with Crippen molar-refractivity contribution in [3.63, 3.8) is 0 Å². The molecule has 0 saturated carbocycles. The van der Waals surface area contributed by atoms with Crippen LogP contribution in [0.25, 0.3) is 22.3 Å². The number of benzene rings is 3. The molecule has 1 fully saturated rings. The van der Waals surface area contributed by atoms with Crippen molar-refractivity contribution in [1.82, 2.24) is 0 Å². The summed E-state index contributed by atoms with van der Waals surface area (Å²) in [5, 5.41) is 0. The summed E-state index contributed by atoms with van der Waals surface area (Å²) in [7, 11) is 0. The zero-order valence-corrected chi connectivity index (χ0v) is 21.6. The summed E-state index contributed by atoms with van der Waals surface area (Å²) in [4.78, 5) is 0. The molecule has 0 atom stereocenters. The first-order valence-electron chi connectivity index (χ1n) is 13.2. The lowest BCUT2D eigenvalue weighted by molar-refractivity contribution is -0.189. The van der Waals surface area contributed by atoms with Crippen molar-refractivity contribution in [2.45, 2.75) is 64.6 Å². The second kappa shape index (κ2) is 13.1. The van der Waals surface area contributed by atoms with Gasteiger partial charge in [-0.25, -0.2) is 13.2 Å². The van der Waals surface area contributed by atoms with Crippen LogP contribution in [0, 0.1) is 17.5 Å². The molecule has 37 heavy (non-hydrogen) atoms. The molecule has 4 rings (SSSR count). The molecule has 1 heterocycles.